The maximum absolute atomic E-state index is 10.9. The van der Waals surface area contributed by atoms with Gasteiger partial charge in [0, 0.05) is 18.2 Å². The summed E-state index contributed by atoms with van der Waals surface area (Å²) >= 11 is 0. The molecule has 1 saturated heterocycles. The third kappa shape index (κ3) is 3.59. The van der Waals surface area contributed by atoms with Gasteiger partial charge in [0.1, 0.15) is 0 Å². The Labute approximate surface area is 79.2 Å². The van der Waals surface area contributed by atoms with E-state index in [2.05, 4.69) is 12.2 Å². The number of hydrogen-bond donors (Lipinski definition) is 1. The van der Waals surface area contributed by atoms with E-state index >= 15 is 0 Å². The van der Waals surface area contributed by atoms with Gasteiger partial charge < -0.3 is 10.1 Å². The van der Waals surface area contributed by atoms with Crippen LogP contribution in [0.25, 0.3) is 0 Å². The summed E-state index contributed by atoms with van der Waals surface area (Å²) in [4.78, 5) is 10.9. The van der Waals surface area contributed by atoms with E-state index in [1.165, 1.54) is 18.9 Å². The Morgan fingerprint density at radius 2 is 2.31 bits per heavy atom. The Kier molecular flexibility index (Phi) is 3.96. The maximum Gasteiger partial charge on any atom is 0.330 e. The molecule has 13 heavy (non-hydrogen) atoms. The van der Waals surface area contributed by atoms with Crippen LogP contribution in [0.15, 0.2) is 12.2 Å². The van der Waals surface area contributed by atoms with Crippen molar-refractivity contribution in [3.05, 3.63) is 12.2 Å². The number of hydrogen-bond acceptors (Lipinski definition) is 3. The zero-order chi connectivity index (χ0) is 9.68. The molecule has 1 fully saturated rings. The van der Waals surface area contributed by atoms with Crippen LogP contribution in [0.1, 0.15) is 26.7 Å². The van der Waals surface area contributed by atoms with Gasteiger partial charge in [-0.15, -0.1) is 0 Å². The number of carbonyl (C=O) groups is 1. The van der Waals surface area contributed by atoms with Gasteiger partial charge in [-0.05, 0) is 13.3 Å². The molecule has 0 spiro atoms. The second-order valence-electron chi connectivity index (χ2n) is 3.20. The summed E-state index contributed by atoms with van der Waals surface area (Å²) in [6, 6.07) is 0.972. The van der Waals surface area contributed by atoms with Crippen LogP contribution in [-0.2, 0) is 9.53 Å². The number of esters is 1. The lowest BCUT2D eigenvalue weighted by molar-refractivity contribution is -0.137. The molecule has 3 nitrogen and oxygen atoms in total. The molecular formula is C10H17NO2. The van der Waals surface area contributed by atoms with Crippen LogP contribution >= 0.6 is 0 Å². The first-order valence-electron chi connectivity index (χ1n) is 4.89. The fourth-order valence-electron chi connectivity index (χ4n) is 1.33. The van der Waals surface area contributed by atoms with Crippen LogP contribution in [0.4, 0.5) is 0 Å². The quantitative estimate of drug-likeness (QED) is 0.396. The Hall–Kier alpha value is -0.830. The average molecular weight is 183 g/mol. The van der Waals surface area contributed by atoms with Crippen molar-refractivity contribution in [1.29, 1.82) is 0 Å². The van der Waals surface area contributed by atoms with E-state index in [4.69, 9.17) is 4.74 Å². The Morgan fingerprint density at radius 1 is 1.54 bits per heavy atom. The summed E-state index contributed by atoms with van der Waals surface area (Å²) in [5.74, 6) is -0.244. The van der Waals surface area contributed by atoms with E-state index in [1.54, 1.807) is 6.92 Å². The van der Waals surface area contributed by atoms with Crippen molar-refractivity contribution in [2.24, 2.45) is 0 Å². The number of ether oxygens (including phenoxy) is 1. The smallest absolute Gasteiger partial charge is 0.330 e. The van der Waals surface area contributed by atoms with Crippen molar-refractivity contribution in [1.82, 2.24) is 5.32 Å². The molecule has 74 valence electrons. The molecule has 1 rings (SSSR count). The van der Waals surface area contributed by atoms with E-state index < -0.39 is 0 Å². The van der Waals surface area contributed by atoms with Crippen LogP contribution in [0.3, 0.4) is 0 Å². The second kappa shape index (κ2) is 5.02. The topological polar surface area (TPSA) is 48.2 Å². The molecule has 1 aliphatic rings. The highest BCUT2D eigenvalue weighted by Gasteiger charge is 2.32. The minimum Gasteiger partial charge on any atom is -0.463 e. The van der Waals surface area contributed by atoms with Gasteiger partial charge in [-0.1, -0.05) is 19.4 Å². The lowest BCUT2D eigenvalue weighted by atomic mass is 10.2. The molecule has 0 aromatic carbocycles. The molecule has 0 aromatic heterocycles. The standard InChI is InChI=1S/C10H17NO2/c1-3-5-8-9(11-8)6-7-10(12)13-4-2/h6-9,11H,3-5H2,1-2H3/b7-6+/t8-,9-/m1/s1. The average Bonchev–Trinajstić information content (AvgIpc) is 2.82. The molecule has 0 aliphatic carbocycles. The predicted octanol–water partition coefficient (Wildman–Crippen LogP) is 1.25. The molecule has 1 heterocycles. The minimum atomic E-state index is -0.244. The summed E-state index contributed by atoms with van der Waals surface area (Å²) in [6.07, 6.45) is 5.76. The molecule has 1 N–H and O–H groups in total. The Balaban J connectivity index is 2.15. The van der Waals surface area contributed by atoms with Crippen LogP contribution in [-0.4, -0.2) is 24.7 Å². The van der Waals surface area contributed by atoms with Gasteiger partial charge in [0.2, 0.25) is 0 Å². The molecule has 0 amide bonds. The maximum atomic E-state index is 10.9. The summed E-state index contributed by atoms with van der Waals surface area (Å²) in [5.41, 5.74) is 0. The summed E-state index contributed by atoms with van der Waals surface area (Å²) in [7, 11) is 0. The van der Waals surface area contributed by atoms with Gasteiger partial charge in [-0.25, -0.2) is 4.79 Å². The van der Waals surface area contributed by atoms with Crippen molar-refractivity contribution in [2.75, 3.05) is 6.61 Å². The Morgan fingerprint density at radius 3 is 2.92 bits per heavy atom. The lowest BCUT2D eigenvalue weighted by Crippen LogP contribution is -2.00. The largest absolute Gasteiger partial charge is 0.463 e. The normalized spacial score (nSPS) is 26.3. The molecule has 0 radical (unpaired) electrons. The fraction of sp³-hybridized carbons (Fsp3) is 0.700. The number of carbonyl (C=O) groups excluding carboxylic acids is 1. The van der Waals surface area contributed by atoms with E-state index in [0.717, 1.165) is 0 Å². The minimum absolute atomic E-state index is 0.244. The SMILES string of the molecule is CCC[C@H]1N[C@@H]1/C=C/C(=O)OCC. The summed E-state index contributed by atoms with van der Waals surface area (Å²) < 4.78 is 4.76. The fourth-order valence-corrected chi connectivity index (χ4v) is 1.33. The number of rotatable bonds is 5. The van der Waals surface area contributed by atoms with Gasteiger partial charge in [-0.2, -0.15) is 0 Å². The van der Waals surface area contributed by atoms with Crippen molar-refractivity contribution in [2.45, 2.75) is 38.8 Å². The molecule has 0 aromatic rings. The third-order valence-corrected chi connectivity index (χ3v) is 2.06. The lowest BCUT2D eigenvalue weighted by Gasteiger charge is -1.93. The Bertz CT molecular complexity index is 201. The van der Waals surface area contributed by atoms with Crippen molar-refractivity contribution >= 4 is 5.97 Å². The predicted molar refractivity (Wildman–Crippen MR) is 51.4 cm³/mol. The first kappa shape index (κ1) is 10.3. The van der Waals surface area contributed by atoms with E-state index in [-0.39, 0.29) is 5.97 Å². The second-order valence-corrected chi connectivity index (χ2v) is 3.20. The van der Waals surface area contributed by atoms with Crippen LogP contribution < -0.4 is 5.32 Å². The van der Waals surface area contributed by atoms with E-state index in [0.29, 0.717) is 18.7 Å². The molecule has 0 bridgehead atoms. The summed E-state index contributed by atoms with van der Waals surface area (Å²) in [6.45, 7) is 4.41. The highest BCUT2D eigenvalue weighted by molar-refractivity contribution is 5.82. The van der Waals surface area contributed by atoms with Gasteiger partial charge in [0.15, 0.2) is 0 Å². The van der Waals surface area contributed by atoms with Crippen molar-refractivity contribution in [3.8, 4) is 0 Å². The van der Waals surface area contributed by atoms with Crippen molar-refractivity contribution < 1.29 is 9.53 Å². The molecule has 1 aliphatic heterocycles. The molecule has 0 saturated carbocycles. The van der Waals surface area contributed by atoms with Gasteiger partial charge in [0.05, 0.1) is 6.61 Å². The van der Waals surface area contributed by atoms with Crippen molar-refractivity contribution in [3.63, 3.8) is 0 Å². The summed E-state index contributed by atoms with van der Waals surface area (Å²) in [5, 5.41) is 3.27. The highest BCUT2D eigenvalue weighted by Crippen LogP contribution is 2.17. The number of nitrogens with one attached hydrogen (secondary N) is 1. The van der Waals surface area contributed by atoms with Gasteiger partial charge in [0.25, 0.3) is 0 Å². The molecule has 2 atom stereocenters. The molecule has 0 unspecified atom stereocenters. The van der Waals surface area contributed by atoms with Crippen LogP contribution in [0.2, 0.25) is 0 Å². The molecule has 3 heteroatoms. The highest BCUT2D eigenvalue weighted by atomic mass is 16.5. The zero-order valence-electron chi connectivity index (χ0n) is 8.25. The van der Waals surface area contributed by atoms with E-state index in [1.807, 2.05) is 6.08 Å². The van der Waals surface area contributed by atoms with E-state index in [9.17, 15) is 4.79 Å². The third-order valence-electron chi connectivity index (χ3n) is 2.06. The monoisotopic (exact) mass is 183 g/mol. The first-order valence-corrected chi connectivity index (χ1v) is 4.89. The van der Waals surface area contributed by atoms with Crippen LogP contribution in [0, 0.1) is 0 Å². The zero-order valence-corrected chi connectivity index (χ0v) is 8.25. The first-order chi connectivity index (χ1) is 6.27. The van der Waals surface area contributed by atoms with Gasteiger partial charge >= 0.3 is 5.97 Å². The van der Waals surface area contributed by atoms with Gasteiger partial charge in [-0.3, -0.25) is 0 Å². The van der Waals surface area contributed by atoms with Crippen LogP contribution in [0.5, 0.6) is 0 Å². The molecular weight excluding hydrogens is 166 g/mol.